The molecule has 2 aromatic carbocycles. The van der Waals surface area contributed by atoms with E-state index < -0.39 is 0 Å². The summed E-state index contributed by atoms with van der Waals surface area (Å²) < 4.78 is 0. The molecule has 0 saturated heterocycles. The van der Waals surface area contributed by atoms with E-state index in [0.29, 0.717) is 0 Å². The van der Waals surface area contributed by atoms with Gasteiger partial charge in [-0.1, -0.05) is 36.0 Å². The Labute approximate surface area is 134 Å². The number of amides is 1. The number of fused-ring (bicyclic) bond motifs is 1. The standard InChI is InChI=1S/C18H18N2OS/c1-12-7-6-9-14-17(12)16(11-19-14)22-15-10-5-4-8-13(15)18(21)20(2)3/h4-11,19H,1-3H3. The molecule has 3 aromatic rings. The van der Waals surface area contributed by atoms with Gasteiger partial charge in [-0.2, -0.15) is 0 Å². The molecule has 0 aliphatic rings. The number of rotatable bonds is 3. The van der Waals surface area contributed by atoms with Crippen LogP contribution in [-0.2, 0) is 0 Å². The topological polar surface area (TPSA) is 36.1 Å². The van der Waals surface area contributed by atoms with Crippen molar-refractivity contribution in [1.82, 2.24) is 9.88 Å². The Kier molecular flexibility index (Phi) is 3.94. The number of aryl methyl sites for hydroxylation is 1. The molecule has 0 spiro atoms. The predicted molar refractivity (Wildman–Crippen MR) is 91.6 cm³/mol. The maximum Gasteiger partial charge on any atom is 0.254 e. The van der Waals surface area contributed by atoms with E-state index in [2.05, 4.69) is 24.0 Å². The first kappa shape index (κ1) is 14.7. The average Bonchev–Trinajstić information content (AvgIpc) is 2.91. The SMILES string of the molecule is Cc1cccc2[nH]cc(Sc3ccccc3C(=O)N(C)C)c12. The number of H-pyrrole nitrogens is 1. The van der Waals surface area contributed by atoms with E-state index in [1.54, 1.807) is 30.8 Å². The number of aromatic nitrogens is 1. The van der Waals surface area contributed by atoms with Gasteiger partial charge in [-0.3, -0.25) is 4.79 Å². The Hall–Kier alpha value is -2.20. The average molecular weight is 310 g/mol. The van der Waals surface area contributed by atoms with Crippen LogP contribution in [0.4, 0.5) is 0 Å². The Balaban J connectivity index is 2.05. The molecule has 3 rings (SSSR count). The highest BCUT2D eigenvalue weighted by Crippen LogP contribution is 2.36. The van der Waals surface area contributed by atoms with Crippen molar-refractivity contribution in [2.24, 2.45) is 0 Å². The number of carbonyl (C=O) groups excluding carboxylic acids is 1. The molecule has 1 N–H and O–H groups in total. The van der Waals surface area contributed by atoms with Crippen molar-refractivity contribution < 1.29 is 4.79 Å². The maximum atomic E-state index is 12.3. The van der Waals surface area contributed by atoms with Gasteiger partial charge in [0.25, 0.3) is 5.91 Å². The summed E-state index contributed by atoms with van der Waals surface area (Å²) in [6.45, 7) is 2.11. The van der Waals surface area contributed by atoms with E-state index in [1.807, 2.05) is 36.5 Å². The van der Waals surface area contributed by atoms with Crippen molar-refractivity contribution in [1.29, 1.82) is 0 Å². The van der Waals surface area contributed by atoms with E-state index in [-0.39, 0.29) is 5.91 Å². The molecule has 0 radical (unpaired) electrons. The van der Waals surface area contributed by atoms with Gasteiger partial charge in [0, 0.05) is 41.0 Å². The molecule has 1 aromatic heterocycles. The summed E-state index contributed by atoms with van der Waals surface area (Å²) in [6.07, 6.45) is 2.01. The fourth-order valence-corrected chi connectivity index (χ4v) is 3.64. The highest BCUT2D eigenvalue weighted by atomic mass is 32.2. The van der Waals surface area contributed by atoms with Crippen LogP contribution in [0.25, 0.3) is 10.9 Å². The number of nitrogens with zero attached hydrogens (tertiary/aromatic N) is 1. The Bertz CT molecular complexity index is 836. The second kappa shape index (κ2) is 5.89. The molecule has 0 bridgehead atoms. The lowest BCUT2D eigenvalue weighted by Gasteiger charge is -2.13. The van der Waals surface area contributed by atoms with Gasteiger partial charge in [-0.05, 0) is 30.7 Å². The molecular formula is C18H18N2OS. The van der Waals surface area contributed by atoms with Crippen LogP contribution in [0.5, 0.6) is 0 Å². The molecule has 112 valence electrons. The van der Waals surface area contributed by atoms with E-state index in [9.17, 15) is 4.79 Å². The summed E-state index contributed by atoms with van der Waals surface area (Å²) in [5.74, 6) is 0.0275. The summed E-state index contributed by atoms with van der Waals surface area (Å²) in [6, 6.07) is 14.0. The van der Waals surface area contributed by atoms with Crippen LogP contribution < -0.4 is 0 Å². The molecule has 1 heterocycles. The summed E-state index contributed by atoms with van der Waals surface area (Å²) in [7, 11) is 3.55. The van der Waals surface area contributed by atoms with Gasteiger partial charge in [-0.25, -0.2) is 0 Å². The first-order valence-corrected chi connectivity index (χ1v) is 7.95. The predicted octanol–water partition coefficient (Wildman–Crippen LogP) is 4.33. The number of aromatic amines is 1. The molecule has 0 fully saturated rings. The number of nitrogens with one attached hydrogen (secondary N) is 1. The van der Waals surface area contributed by atoms with Crippen molar-refractivity contribution in [2.75, 3.05) is 14.1 Å². The fraction of sp³-hybridized carbons (Fsp3) is 0.167. The Morgan fingerprint density at radius 2 is 1.82 bits per heavy atom. The zero-order chi connectivity index (χ0) is 15.7. The van der Waals surface area contributed by atoms with Crippen LogP contribution >= 0.6 is 11.8 Å². The molecule has 3 nitrogen and oxygen atoms in total. The van der Waals surface area contributed by atoms with E-state index in [0.717, 1.165) is 20.9 Å². The zero-order valence-corrected chi connectivity index (χ0v) is 13.7. The molecule has 1 amide bonds. The van der Waals surface area contributed by atoms with Crippen molar-refractivity contribution in [3.63, 3.8) is 0 Å². The van der Waals surface area contributed by atoms with Gasteiger partial charge in [0.05, 0.1) is 5.56 Å². The molecule has 0 unspecified atom stereocenters. The van der Waals surface area contributed by atoms with Crippen molar-refractivity contribution in [3.05, 3.63) is 59.8 Å². The zero-order valence-electron chi connectivity index (χ0n) is 12.9. The van der Waals surface area contributed by atoms with Gasteiger partial charge >= 0.3 is 0 Å². The van der Waals surface area contributed by atoms with Crippen LogP contribution in [0.2, 0.25) is 0 Å². The smallest absolute Gasteiger partial charge is 0.254 e. The van der Waals surface area contributed by atoms with Crippen molar-refractivity contribution >= 4 is 28.6 Å². The number of hydrogen-bond acceptors (Lipinski definition) is 2. The summed E-state index contributed by atoms with van der Waals surface area (Å²) in [4.78, 5) is 19.4. The second-order valence-electron chi connectivity index (χ2n) is 5.45. The second-order valence-corrected chi connectivity index (χ2v) is 6.53. The first-order chi connectivity index (χ1) is 10.6. The van der Waals surface area contributed by atoms with Gasteiger partial charge in [0.1, 0.15) is 0 Å². The molecule has 0 atom stereocenters. The molecule has 0 aliphatic carbocycles. The number of benzene rings is 2. The highest BCUT2D eigenvalue weighted by Gasteiger charge is 2.15. The first-order valence-electron chi connectivity index (χ1n) is 7.13. The van der Waals surface area contributed by atoms with Crippen molar-refractivity contribution in [2.45, 2.75) is 16.7 Å². The minimum atomic E-state index is 0.0275. The molecule has 4 heteroatoms. The van der Waals surface area contributed by atoms with Crippen LogP contribution in [0.1, 0.15) is 15.9 Å². The van der Waals surface area contributed by atoms with Crippen LogP contribution in [0.15, 0.2) is 58.5 Å². The van der Waals surface area contributed by atoms with Crippen LogP contribution in [0, 0.1) is 6.92 Å². The van der Waals surface area contributed by atoms with Crippen LogP contribution in [0.3, 0.4) is 0 Å². The number of hydrogen-bond donors (Lipinski definition) is 1. The van der Waals surface area contributed by atoms with Gasteiger partial charge < -0.3 is 9.88 Å². The van der Waals surface area contributed by atoms with Gasteiger partial charge in [0.2, 0.25) is 0 Å². The van der Waals surface area contributed by atoms with E-state index in [1.165, 1.54) is 10.9 Å². The van der Waals surface area contributed by atoms with E-state index >= 15 is 0 Å². The van der Waals surface area contributed by atoms with Gasteiger partial charge in [-0.15, -0.1) is 0 Å². The molecule has 0 aliphatic heterocycles. The third kappa shape index (κ3) is 2.62. The van der Waals surface area contributed by atoms with E-state index in [4.69, 9.17) is 0 Å². The largest absolute Gasteiger partial charge is 0.360 e. The van der Waals surface area contributed by atoms with Gasteiger partial charge in [0.15, 0.2) is 0 Å². The Morgan fingerprint density at radius 3 is 2.59 bits per heavy atom. The lowest BCUT2D eigenvalue weighted by Crippen LogP contribution is -2.22. The summed E-state index contributed by atoms with van der Waals surface area (Å²) >= 11 is 1.63. The highest BCUT2D eigenvalue weighted by molar-refractivity contribution is 7.99. The fourth-order valence-electron chi connectivity index (χ4n) is 2.50. The normalized spacial score (nSPS) is 10.9. The summed E-state index contributed by atoms with van der Waals surface area (Å²) in [5, 5.41) is 1.22. The Morgan fingerprint density at radius 1 is 1.05 bits per heavy atom. The minimum absolute atomic E-state index is 0.0275. The third-order valence-electron chi connectivity index (χ3n) is 3.62. The molecule has 22 heavy (non-hydrogen) atoms. The third-order valence-corrected chi connectivity index (χ3v) is 4.74. The minimum Gasteiger partial charge on any atom is -0.360 e. The molecular weight excluding hydrogens is 292 g/mol. The van der Waals surface area contributed by atoms with Crippen molar-refractivity contribution in [3.8, 4) is 0 Å². The monoisotopic (exact) mass is 310 g/mol. The number of carbonyl (C=O) groups is 1. The van der Waals surface area contributed by atoms with Crippen LogP contribution in [-0.4, -0.2) is 29.9 Å². The lowest BCUT2D eigenvalue weighted by molar-refractivity contribution is 0.0824. The summed E-state index contributed by atoms with van der Waals surface area (Å²) in [5.41, 5.74) is 3.09. The maximum absolute atomic E-state index is 12.3. The quantitative estimate of drug-likeness (QED) is 0.781. The molecule has 0 saturated carbocycles. The lowest BCUT2D eigenvalue weighted by atomic mass is 10.1.